The van der Waals surface area contributed by atoms with Gasteiger partial charge < -0.3 is 10.1 Å². The number of hydrogen-bond donors (Lipinski definition) is 2. The van der Waals surface area contributed by atoms with Gasteiger partial charge in [-0.25, -0.2) is 4.79 Å². The van der Waals surface area contributed by atoms with Gasteiger partial charge in [-0.05, 0) is 26.3 Å². The molecule has 0 aliphatic carbocycles. The van der Waals surface area contributed by atoms with Crippen LogP contribution in [0.5, 0.6) is 0 Å². The lowest BCUT2D eigenvalue weighted by molar-refractivity contribution is -0.126. The van der Waals surface area contributed by atoms with Crippen LogP contribution in [0.3, 0.4) is 0 Å². The molecule has 0 aliphatic heterocycles. The summed E-state index contributed by atoms with van der Waals surface area (Å²) in [6.07, 6.45) is -0.539. The minimum absolute atomic E-state index is 0.256. The molecule has 1 rings (SSSR count). The molecule has 0 saturated heterocycles. The van der Waals surface area contributed by atoms with Gasteiger partial charge in [0.25, 0.3) is 0 Å². The summed E-state index contributed by atoms with van der Waals surface area (Å²) in [4.78, 5) is 26.0. The molecule has 2 amide bonds. The lowest BCUT2D eigenvalue weighted by Crippen LogP contribution is -2.44. The van der Waals surface area contributed by atoms with Crippen molar-refractivity contribution in [3.63, 3.8) is 0 Å². The highest BCUT2D eigenvalue weighted by molar-refractivity contribution is 7.80. The first-order valence-electron chi connectivity index (χ1n) is 8.15. The summed E-state index contributed by atoms with van der Waals surface area (Å²) in [5.74, 6) is 0.275. The third kappa shape index (κ3) is 7.73. The number of likely N-dealkylation sites (N-methyl/N-ethyl adjacent to an activating group) is 1. The minimum Gasteiger partial charge on any atom is -0.444 e. The number of hydrogen-bond acceptors (Lipinski definition) is 4. The molecule has 1 atom stereocenters. The molecule has 1 aromatic carbocycles. The zero-order valence-corrected chi connectivity index (χ0v) is 16.4. The van der Waals surface area contributed by atoms with Crippen LogP contribution in [0.15, 0.2) is 30.3 Å². The topological polar surface area (TPSA) is 58.6 Å². The number of carbonyl (C=O) groups excluding carboxylic acids is 2. The molecule has 0 bridgehead atoms. The number of rotatable bonds is 5. The first-order valence-corrected chi connectivity index (χ1v) is 8.79. The van der Waals surface area contributed by atoms with E-state index >= 15 is 0 Å². The molecule has 136 valence electrons. The number of nitrogens with one attached hydrogen (secondary N) is 1. The van der Waals surface area contributed by atoms with Gasteiger partial charge in [0.15, 0.2) is 0 Å². The van der Waals surface area contributed by atoms with Gasteiger partial charge in [-0.2, -0.15) is 12.6 Å². The van der Waals surface area contributed by atoms with Gasteiger partial charge in [0.1, 0.15) is 11.6 Å². The van der Waals surface area contributed by atoms with Gasteiger partial charge in [-0.15, -0.1) is 0 Å². The number of ether oxygens (including phenoxy) is 1. The van der Waals surface area contributed by atoms with Crippen molar-refractivity contribution in [2.45, 2.75) is 46.3 Å². The van der Waals surface area contributed by atoms with Crippen molar-refractivity contribution < 1.29 is 14.3 Å². The number of benzene rings is 1. The van der Waals surface area contributed by atoms with Crippen LogP contribution in [-0.4, -0.2) is 41.8 Å². The molecule has 0 saturated carbocycles. The van der Waals surface area contributed by atoms with Crippen LogP contribution in [-0.2, 0) is 9.53 Å². The van der Waals surface area contributed by atoms with Crippen molar-refractivity contribution in [3.8, 4) is 0 Å². The van der Waals surface area contributed by atoms with Crippen LogP contribution in [0, 0.1) is 0 Å². The minimum atomic E-state index is -0.740. The van der Waals surface area contributed by atoms with E-state index in [9.17, 15) is 9.59 Å². The van der Waals surface area contributed by atoms with E-state index in [1.165, 1.54) is 4.90 Å². The molecule has 0 fully saturated rings. The van der Waals surface area contributed by atoms with Crippen molar-refractivity contribution in [2.24, 2.45) is 0 Å². The molecule has 0 aromatic heterocycles. The van der Waals surface area contributed by atoms with E-state index in [-0.39, 0.29) is 5.91 Å². The standard InChI is InChI=1S/C16H24N2O3S.C2H6/c1-16(2,3)21-15(20)18(4)13(14(19)17-10-11-22)12-8-6-5-7-9-12;1-2/h5-9,13,22H,10-11H2,1-4H3,(H,17,19);1-2H3. The maximum Gasteiger partial charge on any atom is 0.410 e. The molecule has 6 heteroatoms. The van der Waals surface area contributed by atoms with E-state index < -0.39 is 17.7 Å². The average Bonchev–Trinajstić information content (AvgIpc) is 2.54. The third-order valence-electron chi connectivity index (χ3n) is 2.84. The third-order valence-corrected chi connectivity index (χ3v) is 3.07. The van der Waals surface area contributed by atoms with Crippen LogP contribution in [0.1, 0.15) is 46.2 Å². The molecule has 1 N–H and O–H groups in total. The van der Waals surface area contributed by atoms with Crippen LogP contribution >= 0.6 is 12.6 Å². The Balaban J connectivity index is 0.00000254. The van der Waals surface area contributed by atoms with Crippen molar-refractivity contribution in [1.29, 1.82) is 0 Å². The Hall–Kier alpha value is -1.69. The Bertz CT molecular complexity index is 501. The number of amides is 2. The SMILES string of the molecule is CC.CN(C(=O)OC(C)(C)C)C(C(=O)NCCS)c1ccccc1. The Morgan fingerprint density at radius 1 is 1.21 bits per heavy atom. The average molecular weight is 355 g/mol. The van der Waals surface area contributed by atoms with Gasteiger partial charge in [0.2, 0.25) is 5.91 Å². The second-order valence-corrected chi connectivity index (χ2v) is 6.37. The van der Waals surface area contributed by atoms with Gasteiger partial charge in [-0.3, -0.25) is 9.69 Å². The first-order chi connectivity index (χ1) is 11.3. The predicted molar refractivity (Wildman–Crippen MR) is 101 cm³/mol. The molecule has 1 aromatic rings. The summed E-state index contributed by atoms with van der Waals surface area (Å²) in [5.41, 5.74) is 0.112. The van der Waals surface area contributed by atoms with Gasteiger partial charge in [0.05, 0.1) is 0 Å². The van der Waals surface area contributed by atoms with E-state index in [2.05, 4.69) is 17.9 Å². The van der Waals surface area contributed by atoms with Gasteiger partial charge >= 0.3 is 6.09 Å². The zero-order chi connectivity index (χ0) is 18.8. The zero-order valence-electron chi connectivity index (χ0n) is 15.5. The van der Waals surface area contributed by atoms with Crippen LogP contribution < -0.4 is 5.32 Å². The quantitative estimate of drug-likeness (QED) is 0.793. The van der Waals surface area contributed by atoms with Crippen molar-refractivity contribution in [1.82, 2.24) is 10.2 Å². The summed E-state index contributed by atoms with van der Waals surface area (Å²) in [7, 11) is 1.56. The molecule has 0 radical (unpaired) electrons. The maximum absolute atomic E-state index is 12.4. The maximum atomic E-state index is 12.4. The Morgan fingerprint density at radius 2 is 1.75 bits per heavy atom. The fourth-order valence-corrected chi connectivity index (χ4v) is 2.01. The Labute approximate surface area is 151 Å². The van der Waals surface area contributed by atoms with E-state index in [1.54, 1.807) is 27.8 Å². The van der Waals surface area contributed by atoms with Gasteiger partial charge in [0, 0.05) is 19.3 Å². The summed E-state index contributed by atoms with van der Waals surface area (Å²) < 4.78 is 5.35. The fraction of sp³-hybridized carbons (Fsp3) is 0.556. The predicted octanol–water partition coefficient (Wildman–Crippen LogP) is 3.67. The van der Waals surface area contributed by atoms with Gasteiger partial charge in [-0.1, -0.05) is 44.2 Å². The van der Waals surface area contributed by atoms with Crippen molar-refractivity contribution in [2.75, 3.05) is 19.3 Å². The molecule has 1 unspecified atom stereocenters. The normalized spacial score (nSPS) is 11.6. The molecular weight excluding hydrogens is 324 g/mol. The molecule has 0 heterocycles. The molecular formula is C18H30N2O3S. The second-order valence-electron chi connectivity index (χ2n) is 5.92. The van der Waals surface area contributed by atoms with Crippen molar-refractivity contribution in [3.05, 3.63) is 35.9 Å². The fourth-order valence-electron chi connectivity index (χ4n) is 1.90. The molecule has 0 spiro atoms. The van der Waals surface area contributed by atoms with E-state index in [1.807, 2.05) is 44.2 Å². The Kier molecular flexibility index (Phi) is 10.2. The molecule has 24 heavy (non-hydrogen) atoms. The van der Waals surface area contributed by atoms with Crippen LogP contribution in [0.2, 0.25) is 0 Å². The number of thiol groups is 1. The highest BCUT2D eigenvalue weighted by Gasteiger charge is 2.31. The largest absolute Gasteiger partial charge is 0.444 e. The summed E-state index contributed by atoms with van der Waals surface area (Å²) in [6.45, 7) is 9.80. The highest BCUT2D eigenvalue weighted by Crippen LogP contribution is 2.22. The smallest absolute Gasteiger partial charge is 0.410 e. The molecule has 5 nitrogen and oxygen atoms in total. The summed E-state index contributed by atoms with van der Waals surface area (Å²) in [5, 5.41) is 2.76. The van der Waals surface area contributed by atoms with E-state index in [0.717, 1.165) is 5.56 Å². The first kappa shape index (κ1) is 22.3. The number of carbonyl (C=O) groups is 2. The summed E-state index contributed by atoms with van der Waals surface area (Å²) >= 11 is 4.08. The highest BCUT2D eigenvalue weighted by atomic mass is 32.1. The summed E-state index contributed by atoms with van der Waals surface area (Å²) in [6, 6.07) is 8.40. The lowest BCUT2D eigenvalue weighted by Gasteiger charge is -2.30. The van der Waals surface area contributed by atoms with Crippen LogP contribution in [0.25, 0.3) is 0 Å². The Morgan fingerprint density at radius 3 is 2.21 bits per heavy atom. The monoisotopic (exact) mass is 354 g/mol. The number of nitrogens with zero attached hydrogens (tertiary/aromatic N) is 1. The van der Waals surface area contributed by atoms with Crippen molar-refractivity contribution >= 4 is 24.6 Å². The molecule has 0 aliphatic rings. The van der Waals surface area contributed by atoms with E-state index in [0.29, 0.717) is 12.3 Å². The van der Waals surface area contributed by atoms with Crippen LogP contribution in [0.4, 0.5) is 4.79 Å². The second kappa shape index (κ2) is 11.0. The van der Waals surface area contributed by atoms with E-state index in [4.69, 9.17) is 4.74 Å². The lowest BCUT2D eigenvalue weighted by atomic mass is 10.1.